The number of ether oxygens (including phenoxy) is 3. The van der Waals surface area contributed by atoms with E-state index in [9.17, 15) is 14.4 Å². The SMILES string of the molecule is COc1ccc(C(=O)c2cn(CC(=O)Nc3ccc(OC)c(OC)c3)c3nc(C)ccc3c2=O)cc1. The van der Waals surface area contributed by atoms with E-state index in [-0.39, 0.29) is 23.4 Å². The molecule has 0 aliphatic carbocycles. The number of hydrogen-bond donors (Lipinski definition) is 1. The Morgan fingerprint density at radius 1 is 0.917 bits per heavy atom. The average Bonchev–Trinajstić information content (AvgIpc) is 2.89. The molecular formula is C27H25N3O6. The Morgan fingerprint density at radius 3 is 2.31 bits per heavy atom. The molecule has 2 aromatic heterocycles. The fourth-order valence-electron chi connectivity index (χ4n) is 3.81. The number of rotatable bonds is 8. The highest BCUT2D eigenvalue weighted by Crippen LogP contribution is 2.29. The van der Waals surface area contributed by atoms with Crippen LogP contribution in [0.3, 0.4) is 0 Å². The van der Waals surface area contributed by atoms with E-state index < -0.39 is 11.2 Å². The van der Waals surface area contributed by atoms with Crippen molar-refractivity contribution in [2.45, 2.75) is 13.5 Å². The lowest BCUT2D eigenvalue weighted by Crippen LogP contribution is -2.25. The smallest absolute Gasteiger partial charge is 0.244 e. The summed E-state index contributed by atoms with van der Waals surface area (Å²) < 4.78 is 17.2. The van der Waals surface area contributed by atoms with Crippen LogP contribution < -0.4 is 25.0 Å². The number of ketones is 1. The summed E-state index contributed by atoms with van der Waals surface area (Å²) >= 11 is 0. The van der Waals surface area contributed by atoms with Gasteiger partial charge >= 0.3 is 0 Å². The Kier molecular flexibility index (Phi) is 7.00. The highest BCUT2D eigenvalue weighted by Gasteiger charge is 2.19. The third-order valence-electron chi connectivity index (χ3n) is 5.64. The van der Waals surface area contributed by atoms with Crippen molar-refractivity contribution in [2.75, 3.05) is 26.6 Å². The van der Waals surface area contributed by atoms with Crippen LogP contribution in [0.1, 0.15) is 21.6 Å². The number of aromatic nitrogens is 2. The number of carbonyl (C=O) groups excluding carboxylic acids is 2. The molecule has 0 aliphatic heterocycles. The summed E-state index contributed by atoms with van der Waals surface area (Å²) in [5.41, 5.74) is 1.31. The summed E-state index contributed by atoms with van der Waals surface area (Å²) in [6.45, 7) is 1.61. The number of hydrogen-bond acceptors (Lipinski definition) is 7. The van der Waals surface area contributed by atoms with Crippen molar-refractivity contribution < 1.29 is 23.8 Å². The molecular weight excluding hydrogens is 462 g/mol. The number of nitrogens with zero attached hydrogens (tertiary/aromatic N) is 2. The van der Waals surface area contributed by atoms with E-state index in [0.717, 1.165) is 0 Å². The van der Waals surface area contributed by atoms with Gasteiger partial charge in [-0.3, -0.25) is 14.4 Å². The van der Waals surface area contributed by atoms with E-state index in [4.69, 9.17) is 14.2 Å². The molecule has 0 saturated carbocycles. The van der Waals surface area contributed by atoms with Gasteiger partial charge in [0.25, 0.3) is 0 Å². The molecule has 0 aliphatic rings. The van der Waals surface area contributed by atoms with Crippen molar-refractivity contribution in [3.05, 3.63) is 87.8 Å². The van der Waals surface area contributed by atoms with E-state index in [1.807, 2.05) is 0 Å². The van der Waals surface area contributed by atoms with Gasteiger partial charge in [-0.1, -0.05) is 0 Å². The number of pyridine rings is 2. The van der Waals surface area contributed by atoms with Gasteiger partial charge < -0.3 is 24.1 Å². The van der Waals surface area contributed by atoms with Crippen LogP contribution in [0.5, 0.6) is 17.2 Å². The largest absolute Gasteiger partial charge is 0.497 e. The van der Waals surface area contributed by atoms with Gasteiger partial charge in [0.15, 0.2) is 17.3 Å². The summed E-state index contributed by atoms with van der Waals surface area (Å²) in [6.07, 6.45) is 1.39. The maximum absolute atomic E-state index is 13.2. The highest BCUT2D eigenvalue weighted by atomic mass is 16.5. The summed E-state index contributed by atoms with van der Waals surface area (Å²) in [5, 5.41) is 3.05. The number of amides is 1. The van der Waals surface area contributed by atoms with Crippen LogP contribution in [0.4, 0.5) is 5.69 Å². The van der Waals surface area contributed by atoms with Crippen molar-refractivity contribution in [2.24, 2.45) is 0 Å². The quantitative estimate of drug-likeness (QED) is 0.378. The molecule has 4 rings (SSSR count). The van der Waals surface area contributed by atoms with Gasteiger partial charge in [-0.05, 0) is 55.5 Å². The molecule has 1 amide bonds. The zero-order chi connectivity index (χ0) is 25.8. The van der Waals surface area contributed by atoms with Crippen molar-refractivity contribution in [3.63, 3.8) is 0 Å². The van der Waals surface area contributed by atoms with Crippen molar-refractivity contribution in [1.29, 1.82) is 0 Å². The van der Waals surface area contributed by atoms with E-state index in [2.05, 4.69) is 10.3 Å². The molecule has 9 nitrogen and oxygen atoms in total. The molecule has 2 aromatic carbocycles. The van der Waals surface area contributed by atoms with Crippen LogP contribution >= 0.6 is 0 Å². The monoisotopic (exact) mass is 487 g/mol. The first-order chi connectivity index (χ1) is 17.3. The molecule has 0 spiro atoms. The number of nitrogens with one attached hydrogen (secondary N) is 1. The molecule has 36 heavy (non-hydrogen) atoms. The molecule has 0 unspecified atom stereocenters. The minimum absolute atomic E-state index is 0.0581. The lowest BCUT2D eigenvalue weighted by molar-refractivity contribution is -0.116. The minimum Gasteiger partial charge on any atom is -0.497 e. The van der Waals surface area contributed by atoms with Gasteiger partial charge in [-0.25, -0.2) is 4.98 Å². The topological polar surface area (TPSA) is 109 Å². The molecule has 0 atom stereocenters. The Bertz CT molecular complexity index is 1510. The average molecular weight is 488 g/mol. The van der Waals surface area contributed by atoms with Crippen molar-refractivity contribution in [1.82, 2.24) is 9.55 Å². The Morgan fingerprint density at radius 2 is 1.64 bits per heavy atom. The second kappa shape index (κ2) is 10.3. The van der Waals surface area contributed by atoms with Crippen LogP contribution in [0.2, 0.25) is 0 Å². The highest BCUT2D eigenvalue weighted by molar-refractivity contribution is 6.10. The van der Waals surface area contributed by atoms with Crippen molar-refractivity contribution in [3.8, 4) is 17.2 Å². The Balaban J connectivity index is 1.71. The molecule has 0 bridgehead atoms. The number of fused-ring (bicyclic) bond motifs is 1. The number of anilines is 1. The van der Waals surface area contributed by atoms with Gasteiger partial charge in [0.1, 0.15) is 17.9 Å². The number of aryl methyl sites for hydroxylation is 1. The normalized spacial score (nSPS) is 10.7. The molecule has 1 N–H and O–H groups in total. The van der Waals surface area contributed by atoms with Gasteiger partial charge in [-0.15, -0.1) is 0 Å². The molecule has 0 radical (unpaired) electrons. The van der Waals surface area contributed by atoms with E-state index in [0.29, 0.717) is 39.8 Å². The summed E-state index contributed by atoms with van der Waals surface area (Å²) in [7, 11) is 4.56. The molecule has 4 aromatic rings. The standard InChI is InChI=1S/C27H25N3O6/c1-16-5-11-20-26(33)21(25(32)17-6-9-19(34-2)10-7-17)14-30(27(20)28-16)15-24(31)29-18-8-12-22(35-3)23(13-18)36-4/h5-14H,15H2,1-4H3,(H,29,31). The summed E-state index contributed by atoms with van der Waals surface area (Å²) in [4.78, 5) is 43.9. The van der Waals surface area contributed by atoms with E-state index in [1.54, 1.807) is 61.5 Å². The summed E-state index contributed by atoms with van der Waals surface area (Å²) in [6, 6.07) is 14.8. The molecule has 2 heterocycles. The van der Waals surface area contributed by atoms with Gasteiger partial charge in [0, 0.05) is 29.2 Å². The maximum Gasteiger partial charge on any atom is 0.244 e. The van der Waals surface area contributed by atoms with Crippen LogP contribution in [0.25, 0.3) is 11.0 Å². The van der Waals surface area contributed by atoms with E-state index in [1.165, 1.54) is 32.1 Å². The second-order valence-corrected chi connectivity index (χ2v) is 8.00. The first-order valence-corrected chi connectivity index (χ1v) is 11.1. The fraction of sp³-hybridized carbons (Fsp3) is 0.185. The third kappa shape index (κ3) is 4.90. The maximum atomic E-state index is 13.2. The zero-order valence-electron chi connectivity index (χ0n) is 20.3. The van der Waals surface area contributed by atoms with Gasteiger partial charge in [-0.2, -0.15) is 0 Å². The van der Waals surface area contributed by atoms with Crippen molar-refractivity contribution >= 4 is 28.4 Å². The Hall–Kier alpha value is -4.66. The van der Waals surface area contributed by atoms with Crippen LogP contribution in [0, 0.1) is 6.92 Å². The second-order valence-electron chi connectivity index (χ2n) is 8.00. The van der Waals surface area contributed by atoms with Gasteiger partial charge in [0.2, 0.25) is 11.3 Å². The number of benzene rings is 2. The van der Waals surface area contributed by atoms with E-state index >= 15 is 0 Å². The van der Waals surface area contributed by atoms with Gasteiger partial charge in [0.05, 0.1) is 32.3 Å². The van der Waals surface area contributed by atoms with Crippen LogP contribution in [-0.2, 0) is 11.3 Å². The van der Waals surface area contributed by atoms with Crippen LogP contribution in [-0.4, -0.2) is 42.6 Å². The lowest BCUT2D eigenvalue weighted by Gasteiger charge is -2.14. The summed E-state index contributed by atoms with van der Waals surface area (Å²) in [5.74, 6) is 0.753. The molecule has 184 valence electrons. The van der Waals surface area contributed by atoms with Crippen LogP contribution in [0.15, 0.2) is 65.6 Å². The molecule has 9 heteroatoms. The zero-order valence-corrected chi connectivity index (χ0v) is 20.3. The predicted molar refractivity (Wildman–Crippen MR) is 135 cm³/mol. The molecule has 0 fully saturated rings. The molecule has 0 saturated heterocycles. The first-order valence-electron chi connectivity index (χ1n) is 11.1. The Labute approximate surface area is 207 Å². The first kappa shape index (κ1) is 24.5. The minimum atomic E-state index is -0.459. The number of methoxy groups -OCH3 is 3. The number of carbonyl (C=O) groups is 2. The lowest BCUT2D eigenvalue weighted by atomic mass is 10.0. The fourth-order valence-corrected chi connectivity index (χ4v) is 3.81. The predicted octanol–water partition coefficient (Wildman–Crippen LogP) is 3.60. The third-order valence-corrected chi connectivity index (χ3v) is 5.64.